The number of nitrogens with zero attached hydrogens (tertiary/aromatic N) is 1. The van der Waals surface area contributed by atoms with Gasteiger partial charge in [-0.2, -0.15) is 0 Å². The first kappa shape index (κ1) is 13.4. The van der Waals surface area contributed by atoms with Crippen LogP contribution in [-0.2, 0) is 4.79 Å². The molecule has 1 heterocycles. The zero-order chi connectivity index (χ0) is 13.0. The van der Waals surface area contributed by atoms with E-state index in [9.17, 15) is 9.90 Å². The molecule has 0 bridgehead atoms. The van der Waals surface area contributed by atoms with E-state index in [-0.39, 0.29) is 0 Å². The second kappa shape index (κ2) is 6.21. The number of carboxylic acids is 1. The van der Waals surface area contributed by atoms with Crippen LogP contribution in [0.3, 0.4) is 0 Å². The third-order valence-corrected chi connectivity index (χ3v) is 3.67. The zero-order valence-corrected chi connectivity index (χ0v) is 11.1. The van der Waals surface area contributed by atoms with Crippen LogP contribution in [0, 0.1) is 0 Å². The number of benzene rings is 1. The summed E-state index contributed by atoms with van der Waals surface area (Å²) in [5, 5.41) is 9.97. The highest BCUT2D eigenvalue weighted by molar-refractivity contribution is 6.30. The summed E-state index contributed by atoms with van der Waals surface area (Å²) in [7, 11) is 0. The average Bonchev–Trinajstić information content (AvgIpc) is 2.37. The van der Waals surface area contributed by atoms with E-state index in [1.807, 2.05) is 12.1 Å². The van der Waals surface area contributed by atoms with Crippen molar-refractivity contribution >= 4 is 17.6 Å². The van der Waals surface area contributed by atoms with Crippen LogP contribution in [0.1, 0.15) is 30.7 Å². The molecule has 2 rings (SSSR count). The van der Waals surface area contributed by atoms with Gasteiger partial charge in [0.05, 0.1) is 5.92 Å². The third-order valence-electron chi connectivity index (χ3n) is 3.44. The number of carboxylic acid groups (broad SMARTS) is 1. The second-order valence-electron chi connectivity index (χ2n) is 4.81. The molecule has 1 atom stereocenters. The largest absolute Gasteiger partial charge is 0.481 e. The van der Waals surface area contributed by atoms with Crippen LogP contribution in [0.2, 0.25) is 5.02 Å². The van der Waals surface area contributed by atoms with Gasteiger partial charge in [0.15, 0.2) is 0 Å². The van der Waals surface area contributed by atoms with Gasteiger partial charge in [0.2, 0.25) is 0 Å². The molecule has 1 aromatic rings. The molecular formula is C14H18ClNO2. The standard InChI is InChI=1S/C14H18ClNO2/c15-12-6-4-5-11(9-12)13(14(17)18)10-16-7-2-1-3-8-16/h4-6,9,13H,1-3,7-8,10H2,(H,17,18). The van der Waals surface area contributed by atoms with Crippen molar-refractivity contribution < 1.29 is 9.90 Å². The first-order valence-electron chi connectivity index (χ1n) is 6.37. The van der Waals surface area contributed by atoms with E-state index in [1.165, 1.54) is 19.3 Å². The van der Waals surface area contributed by atoms with Gasteiger partial charge in [-0.15, -0.1) is 0 Å². The number of aliphatic carboxylic acids is 1. The van der Waals surface area contributed by atoms with Gasteiger partial charge in [0, 0.05) is 11.6 Å². The molecule has 1 aliphatic rings. The van der Waals surface area contributed by atoms with Crippen molar-refractivity contribution in [3.05, 3.63) is 34.9 Å². The molecule has 1 saturated heterocycles. The van der Waals surface area contributed by atoms with Crippen molar-refractivity contribution in [2.75, 3.05) is 19.6 Å². The average molecular weight is 268 g/mol. The third kappa shape index (κ3) is 3.47. The van der Waals surface area contributed by atoms with Crippen molar-refractivity contribution in [2.45, 2.75) is 25.2 Å². The van der Waals surface area contributed by atoms with Gasteiger partial charge >= 0.3 is 5.97 Å². The molecule has 1 aliphatic heterocycles. The van der Waals surface area contributed by atoms with E-state index in [4.69, 9.17) is 11.6 Å². The number of carbonyl (C=O) groups is 1. The van der Waals surface area contributed by atoms with Crippen LogP contribution in [0.15, 0.2) is 24.3 Å². The van der Waals surface area contributed by atoms with Gasteiger partial charge in [-0.1, -0.05) is 30.2 Å². The minimum atomic E-state index is -0.775. The Bertz CT molecular complexity index is 416. The number of likely N-dealkylation sites (tertiary alicyclic amines) is 1. The zero-order valence-electron chi connectivity index (χ0n) is 10.3. The lowest BCUT2D eigenvalue weighted by Crippen LogP contribution is -2.35. The summed E-state index contributed by atoms with van der Waals surface area (Å²) < 4.78 is 0. The summed E-state index contributed by atoms with van der Waals surface area (Å²) in [6, 6.07) is 7.17. The fourth-order valence-electron chi connectivity index (χ4n) is 2.45. The molecule has 4 heteroatoms. The smallest absolute Gasteiger partial charge is 0.312 e. The Balaban J connectivity index is 2.10. The van der Waals surface area contributed by atoms with Crippen LogP contribution in [0.4, 0.5) is 0 Å². The van der Waals surface area contributed by atoms with Crippen LogP contribution in [-0.4, -0.2) is 35.6 Å². The Hall–Kier alpha value is -1.06. The maximum atomic E-state index is 11.4. The monoisotopic (exact) mass is 267 g/mol. The molecule has 3 nitrogen and oxygen atoms in total. The number of halogens is 1. The number of rotatable bonds is 4. The molecule has 1 unspecified atom stereocenters. The van der Waals surface area contributed by atoms with E-state index < -0.39 is 11.9 Å². The first-order valence-corrected chi connectivity index (χ1v) is 6.75. The van der Waals surface area contributed by atoms with Crippen LogP contribution in [0.25, 0.3) is 0 Å². The van der Waals surface area contributed by atoms with Crippen molar-refractivity contribution in [1.29, 1.82) is 0 Å². The van der Waals surface area contributed by atoms with Crippen LogP contribution >= 0.6 is 11.6 Å². The maximum Gasteiger partial charge on any atom is 0.312 e. The van der Waals surface area contributed by atoms with Gasteiger partial charge in [-0.05, 0) is 43.6 Å². The molecule has 0 spiro atoms. The first-order chi connectivity index (χ1) is 8.66. The fourth-order valence-corrected chi connectivity index (χ4v) is 2.65. The normalized spacial score (nSPS) is 18.5. The molecule has 1 aromatic carbocycles. The van der Waals surface area contributed by atoms with E-state index >= 15 is 0 Å². The predicted octanol–water partition coefficient (Wildman–Crippen LogP) is 2.99. The molecule has 0 aliphatic carbocycles. The summed E-state index contributed by atoms with van der Waals surface area (Å²) in [6.45, 7) is 2.59. The van der Waals surface area contributed by atoms with Gasteiger partial charge in [-0.25, -0.2) is 0 Å². The lowest BCUT2D eigenvalue weighted by Gasteiger charge is -2.29. The highest BCUT2D eigenvalue weighted by atomic mass is 35.5. The number of hydrogen-bond donors (Lipinski definition) is 1. The Labute approximate surface area is 112 Å². The van der Waals surface area contributed by atoms with Gasteiger partial charge < -0.3 is 10.0 Å². The van der Waals surface area contributed by atoms with E-state index in [2.05, 4.69) is 4.90 Å². The SMILES string of the molecule is O=C(O)C(CN1CCCCC1)c1cccc(Cl)c1. The van der Waals surface area contributed by atoms with E-state index in [0.29, 0.717) is 11.6 Å². The quantitative estimate of drug-likeness (QED) is 0.912. The molecule has 1 fully saturated rings. The summed E-state index contributed by atoms with van der Waals surface area (Å²) >= 11 is 5.93. The summed E-state index contributed by atoms with van der Waals surface area (Å²) in [6.07, 6.45) is 3.59. The Morgan fingerprint density at radius 3 is 2.67 bits per heavy atom. The number of piperidine rings is 1. The molecule has 0 aromatic heterocycles. The molecule has 0 saturated carbocycles. The molecular weight excluding hydrogens is 250 g/mol. The van der Waals surface area contributed by atoms with E-state index in [1.54, 1.807) is 12.1 Å². The summed E-state index contributed by atoms with van der Waals surface area (Å²) in [5.74, 6) is -1.26. The minimum absolute atomic E-state index is 0.484. The van der Waals surface area contributed by atoms with Gasteiger partial charge in [-0.3, -0.25) is 4.79 Å². The van der Waals surface area contributed by atoms with Crippen molar-refractivity contribution in [2.24, 2.45) is 0 Å². The van der Waals surface area contributed by atoms with Crippen molar-refractivity contribution in [3.63, 3.8) is 0 Å². The van der Waals surface area contributed by atoms with Gasteiger partial charge in [0.1, 0.15) is 0 Å². The summed E-state index contributed by atoms with van der Waals surface area (Å²) in [5.41, 5.74) is 0.792. The predicted molar refractivity (Wildman–Crippen MR) is 72.1 cm³/mol. The highest BCUT2D eigenvalue weighted by Crippen LogP contribution is 2.22. The summed E-state index contributed by atoms with van der Waals surface area (Å²) in [4.78, 5) is 13.7. The van der Waals surface area contributed by atoms with Crippen molar-refractivity contribution in [1.82, 2.24) is 4.90 Å². The van der Waals surface area contributed by atoms with Crippen LogP contribution < -0.4 is 0 Å². The van der Waals surface area contributed by atoms with Crippen LogP contribution in [0.5, 0.6) is 0 Å². The van der Waals surface area contributed by atoms with E-state index in [0.717, 1.165) is 18.7 Å². The molecule has 1 N–H and O–H groups in total. The lowest BCUT2D eigenvalue weighted by atomic mass is 9.97. The second-order valence-corrected chi connectivity index (χ2v) is 5.24. The Kier molecular flexibility index (Phi) is 4.61. The topological polar surface area (TPSA) is 40.5 Å². The molecule has 0 radical (unpaired) electrons. The lowest BCUT2D eigenvalue weighted by molar-refractivity contribution is -0.139. The number of hydrogen-bond acceptors (Lipinski definition) is 2. The van der Waals surface area contributed by atoms with Crippen molar-refractivity contribution in [3.8, 4) is 0 Å². The molecule has 0 amide bonds. The van der Waals surface area contributed by atoms with Gasteiger partial charge in [0.25, 0.3) is 0 Å². The fraction of sp³-hybridized carbons (Fsp3) is 0.500. The molecule has 98 valence electrons. The molecule has 18 heavy (non-hydrogen) atoms. The minimum Gasteiger partial charge on any atom is -0.481 e. The Morgan fingerprint density at radius 2 is 2.06 bits per heavy atom. The highest BCUT2D eigenvalue weighted by Gasteiger charge is 2.24. The maximum absolute atomic E-state index is 11.4. The Morgan fingerprint density at radius 1 is 1.33 bits per heavy atom.